The first kappa shape index (κ1) is 10.9. The van der Waals surface area contributed by atoms with Crippen LogP contribution in [-0.4, -0.2) is 24.2 Å². The predicted molar refractivity (Wildman–Crippen MR) is 45.2 cm³/mol. The third-order valence-corrected chi connectivity index (χ3v) is 1.25. The molecule has 0 heterocycles. The van der Waals surface area contributed by atoms with Crippen LogP contribution in [0.5, 0.6) is 0 Å². The third kappa shape index (κ3) is 9.88. The van der Waals surface area contributed by atoms with Crippen molar-refractivity contribution in [3.63, 3.8) is 0 Å². The zero-order valence-electron chi connectivity index (χ0n) is 7.68. The first-order valence-corrected chi connectivity index (χ1v) is 4.11. The van der Waals surface area contributed by atoms with Crippen LogP contribution in [0.1, 0.15) is 33.6 Å². The highest BCUT2D eigenvalue weighted by atomic mass is 16.5. The van der Waals surface area contributed by atoms with Gasteiger partial charge in [-0.05, 0) is 20.3 Å². The number of nitrogens with one attached hydrogen (secondary N) is 1. The second-order valence-electron chi connectivity index (χ2n) is 3.14. The van der Waals surface area contributed by atoms with E-state index in [0.29, 0.717) is 6.73 Å². The normalized spacial score (nSPS) is 12.0. The smallest absolute Gasteiger partial charge is 0.112 e. The minimum atomic E-state index is -0.827. The standard InChI is InChI=1S/C8H19NO2/c1-4-5-6-11-7-9-8(2,3)10/h9-10H,4-7H2,1-3H3. The molecule has 2 N–H and O–H groups in total. The van der Waals surface area contributed by atoms with Crippen molar-refractivity contribution >= 4 is 0 Å². The van der Waals surface area contributed by atoms with Gasteiger partial charge in [0.1, 0.15) is 5.72 Å². The lowest BCUT2D eigenvalue weighted by atomic mass is 10.3. The lowest BCUT2D eigenvalue weighted by Gasteiger charge is -2.18. The minimum absolute atomic E-state index is 0.420. The van der Waals surface area contributed by atoms with Gasteiger partial charge in [0.15, 0.2) is 0 Å². The van der Waals surface area contributed by atoms with E-state index in [0.717, 1.165) is 19.4 Å². The SMILES string of the molecule is CCCCOCNC(C)(C)O. The van der Waals surface area contributed by atoms with E-state index >= 15 is 0 Å². The van der Waals surface area contributed by atoms with Crippen molar-refractivity contribution in [3.8, 4) is 0 Å². The van der Waals surface area contributed by atoms with E-state index in [-0.39, 0.29) is 0 Å². The predicted octanol–water partition coefficient (Wildman–Crippen LogP) is 1.08. The van der Waals surface area contributed by atoms with Crippen LogP contribution in [0, 0.1) is 0 Å². The quantitative estimate of drug-likeness (QED) is 0.452. The van der Waals surface area contributed by atoms with E-state index in [9.17, 15) is 5.11 Å². The van der Waals surface area contributed by atoms with Crippen LogP contribution in [0.2, 0.25) is 0 Å². The fourth-order valence-corrected chi connectivity index (χ4v) is 0.546. The molecule has 0 atom stereocenters. The number of hydrogen-bond donors (Lipinski definition) is 2. The maximum Gasteiger partial charge on any atom is 0.112 e. The summed E-state index contributed by atoms with van der Waals surface area (Å²) in [6, 6.07) is 0. The van der Waals surface area contributed by atoms with Gasteiger partial charge in [-0.2, -0.15) is 0 Å². The molecule has 0 saturated heterocycles. The van der Waals surface area contributed by atoms with E-state index in [1.54, 1.807) is 13.8 Å². The van der Waals surface area contributed by atoms with Crippen molar-refractivity contribution in [3.05, 3.63) is 0 Å². The summed E-state index contributed by atoms with van der Waals surface area (Å²) in [6.07, 6.45) is 2.22. The molecule has 0 aromatic carbocycles. The molecule has 0 aliphatic heterocycles. The Hall–Kier alpha value is -0.120. The van der Waals surface area contributed by atoms with Crippen LogP contribution in [0.25, 0.3) is 0 Å². The fourth-order valence-electron chi connectivity index (χ4n) is 0.546. The van der Waals surface area contributed by atoms with Gasteiger partial charge in [0, 0.05) is 6.61 Å². The zero-order chi connectivity index (χ0) is 8.74. The highest BCUT2D eigenvalue weighted by molar-refractivity contribution is 4.57. The lowest BCUT2D eigenvalue weighted by molar-refractivity contribution is -0.00469. The Balaban J connectivity index is 3.02. The van der Waals surface area contributed by atoms with Gasteiger partial charge >= 0.3 is 0 Å². The van der Waals surface area contributed by atoms with Gasteiger partial charge in [0.25, 0.3) is 0 Å². The van der Waals surface area contributed by atoms with Crippen LogP contribution in [0.3, 0.4) is 0 Å². The Kier molecular flexibility index (Phi) is 5.46. The van der Waals surface area contributed by atoms with Gasteiger partial charge < -0.3 is 9.84 Å². The monoisotopic (exact) mass is 161 g/mol. The number of unbranched alkanes of at least 4 members (excludes halogenated alkanes) is 1. The number of aliphatic hydroxyl groups is 1. The highest BCUT2D eigenvalue weighted by Crippen LogP contribution is 1.93. The second kappa shape index (κ2) is 5.52. The molecule has 11 heavy (non-hydrogen) atoms. The number of hydrogen-bond acceptors (Lipinski definition) is 3. The van der Waals surface area contributed by atoms with Crippen molar-refractivity contribution in [2.45, 2.75) is 39.3 Å². The first-order valence-electron chi connectivity index (χ1n) is 4.11. The summed E-state index contributed by atoms with van der Waals surface area (Å²) in [5, 5.41) is 12.0. The van der Waals surface area contributed by atoms with E-state index in [4.69, 9.17) is 4.74 Å². The molecule has 0 amide bonds. The van der Waals surface area contributed by atoms with Crippen LogP contribution >= 0.6 is 0 Å². The average molecular weight is 161 g/mol. The summed E-state index contributed by atoms with van der Waals surface area (Å²) in [5.41, 5.74) is -0.827. The maximum atomic E-state index is 9.18. The molecule has 0 fully saturated rings. The van der Waals surface area contributed by atoms with Crippen molar-refractivity contribution in [2.24, 2.45) is 0 Å². The van der Waals surface area contributed by atoms with Crippen molar-refractivity contribution < 1.29 is 9.84 Å². The van der Waals surface area contributed by atoms with Gasteiger partial charge in [0.2, 0.25) is 0 Å². The van der Waals surface area contributed by atoms with Gasteiger partial charge in [-0.3, -0.25) is 5.32 Å². The Morgan fingerprint density at radius 1 is 1.45 bits per heavy atom. The molecule has 0 saturated carbocycles. The van der Waals surface area contributed by atoms with Gasteiger partial charge in [0.05, 0.1) is 6.73 Å². The molecule has 0 rings (SSSR count). The average Bonchev–Trinajstić information content (AvgIpc) is 1.85. The molecule has 0 aromatic rings. The fraction of sp³-hybridized carbons (Fsp3) is 1.00. The molecule has 0 unspecified atom stereocenters. The van der Waals surface area contributed by atoms with Crippen LogP contribution in [0.4, 0.5) is 0 Å². The van der Waals surface area contributed by atoms with E-state index < -0.39 is 5.72 Å². The Morgan fingerprint density at radius 2 is 2.09 bits per heavy atom. The molecular formula is C8H19NO2. The van der Waals surface area contributed by atoms with Crippen LogP contribution < -0.4 is 5.32 Å². The Bertz CT molecular complexity index is 88.6. The summed E-state index contributed by atoms with van der Waals surface area (Å²) in [5.74, 6) is 0. The summed E-state index contributed by atoms with van der Waals surface area (Å²) < 4.78 is 5.18. The molecule has 0 spiro atoms. The Morgan fingerprint density at radius 3 is 2.55 bits per heavy atom. The molecular weight excluding hydrogens is 142 g/mol. The van der Waals surface area contributed by atoms with Crippen molar-refractivity contribution in [1.29, 1.82) is 0 Å². The lowest BCUT2D eigenvalue weighted by Crippen LogP contribution is -2.40. The third-order valence-electron chi connectivity index (χ3n) is 1.25. The van der Waals surface area contributed by atoms with Gasteiger partial charge in [-0.1, -0.05) is 13.3 Å². The topological polar surface area (TPSA) is 41.5 Å². The molecule has 0 radical (unpaired) electrons. The molecule has 3 heteroatoms. The Labute approximate surface area is 68.8 Å². The summed E-state index contributed by atoms with van der Waals surface area (Å²) in [6.45, 7) is 6.68. The van der Waals surface area contributed by atoms with Crippen LogP contribution in [0.15, 0.2) is 0 Å². The number of rotatable bonds is 6. The minimum Gasteiger partial charge on any atom is -0.376 e. The highest BCUT2D eigenvalue weighted by Gasteiger charge is 2.09. The van der Waals surface area contributed by atoms with E-state index in [1.807, 2.05) is 0 Å². The summed E-state index contributed by atoms with van der Waals surface area (Å²) >= 11 is 0. The van der Waals surface area contributed by atoms with E-state index in [1.165, 1.54) is 0 Å². The zero-order valence-corrected chi connectivity index (χ0v) is 7.68. The summed E-state index contributed by atoms with van der Waals surface area (Å²) in [7, 11) is 0. The largest absolute Gasteiger partial charge is 0.376 e. The molecule has 0 aliphatic carbocycles. The molecule has 0 bridgehead atoms. The van der Waals surface area contributed by atoms with Crippen molar-refractivity contribution in [2.75, 3.05) is 13.3 Å². The van der Waals surface area contributed by atoms with Gasteiger partial charge in [-0.15, -0.1) is 0 Å². The van der Waals surface area contributed by atoms with Crippen LogP contribution in [-0.2, 0) is 4.74 Å². The molecule has 3 nitrogen and oxygen atoms in total. The number of ether oxygens (including phenoxy) is 1. The molecule has 68 valence electrons. The second-order valence-corrected chi connectivity index (χ2v) is 3.14. The van der Waals surface area contributed by atoms with Gasteiger partial charge in [-0.25, -0.2) is 0 Å². The van der Waals surface area contributed by atoms with Crippen molar-refractivity contribution in [1.82, 2.24) is 5.32 Å². The molecule has 0 aromatic heterocycles. The first-order chi connectivity index (χ1) is 5.06. The molecule has 0 aliphatic rings. The van der Waals surface area contributed by atoms with E-state index in [2.05, 4.69) is 12.2 Å². The summed E-state index contributed by atoms with van der Waals surface area (Å²) in [4.78, 5) is 0. The maximum absolute atomic E-state index is 9.18.